The second kappa shape index (κ2) is 9.23. The first-order valence-electron chi connectivity index (χ1n) is 11.3. The third kappa shape index (κ3) is 4.37. The van der Waals surface area contributed by atoms with Gasteiger partial charge >= 0.3 is 6.03 Å². The van der Waals surface area contributed by atoms with Crippen LogP contribution in [0.15, 0.2) is 48.8 Å². The Balaban J connectivity index is 1.51. The molecule has 3 amide bonds. The minimum Gasteiger partial charge on any atom is -0.487 e. The molecule has 3 heterocycles. The van der Waals surface area contributed by atoms with Crippen molar-refractivity contribution in [2.75, 3.05) is 6.54 Å². The standard InChI is InChI=1S/C26H23ClFN5O3/c1-14-7-19(16(3)32-12-24(34)31-26(32)35)20(21(27)8-14)13-36-23-6-4-5-18-22(9-15(2)30-25(18)23)33-11-17(28)10-29-33/h4-11,16H,12-13H2,1-3H3,(H,31,34,35)/t16-/m0/s1. The van der Waals surface area contributed by atoms with E-state index in [1.165, 1.54) is 15.8 Å². The van der Waals surface area contributed by atoms with E-state index in [9.17, 15) is 14.0 Å². The van der Waals surface area contributed by atoms with Crippen molar-refractivity contribution in [2.24, 2.45) is 0 Å². The van der Waals surface area contributed by atoms with Crippen molar-refractivity contribution in [3.05, 3.63) is 82.0 Å². The molecule has 0 aliphatic carbocycles. The summed E-state index contributed by atoms with van der Waals surface area (Å²) in [7, 11) is 0. The van der Waals surface area contributed by atoms with Crippen LogP contribution in [0, 0.1) is 19.7 Å². The highest BCUT2D eigenvalue weighted by atomic mass is 35.5. The number of aromatic nitrogens is 3. The quantitative estimate of drug-likeness (QED) is 0.370. The van der Waals surface area contributed by atoms with E-state index in [4.69, 9.17) is 16.3 Å². The third-order valence-corrected chi connectivity index (χ3v) is 6.53. The minimum absolute atomic E-state index is 0.0187. The molecular weight excluding hydrogens is 485 g/mol. The van der Waals surface area contributed by atoms with Gasteiger partial charge in [0.2, 0.25) is 5.91 Å². The molecule has 10 heteroatoms. The Morgan fingerprint density at radius 2 is 2.03 bits per heavy atom. The van der Waals surface area contributed by atoms with E-state index < -0.39 is 17.9 Å². The van der Waals surface area contributed by atoms with Gasteiger partial charge in [-0.15, -0.1) is 0 Å². The molecule has 0 unspecified atom stereocenters. The Morgan fingerprint density at radius 3 is 2.72 bits per heavy atom. The van der Waals surface area contributed by atoms with Gasteiger partial charge in [-0.3, -0.25) is 10.1 Å². The van der Waals surface area contributed by atoms with Gasteiger partial charge in [-0.1, -0.05) is 29.8 Å². The van der Waals surface area contributed by atoms with E-state index in [1.54, 1.807) is 6.07 Å². The first kappa shape index (κ1) is 23.7. The molecule has 0 bridgehead atoms. The Labute approximate surface area is 211 Å². The number of urea groups is 1. The minimum atomic E-state index is -0.437. The summed E-state index contributed by atoms with van der Waals surface area (Å²) in [6.45, 7) is 5.71. The molecule has 1 aliphatic rings. The summed E-state index contributed by atoms with van der Waals surface area (Å²) >= 11 is 6.64. The van der Waals surface area contributed by atoms with Crippen LogP contribution in [0.25, 0.3) is 16.6 Å². The van der Waals surface area contributed by atoms with Crippen LogP contribution in [-0.2, 0) is 11.4 Å². The number of carbonyl (C=O) groups excluding carboxylic acids is 2. The molecule has 2 aromatic carbocycles. The lowest BCUT2D eigenvalue weighted by Gasteiger charge is -2.26. The molecule has 1 N–H and O–H groups in total. The van der Waals surface area contributed by atoms with Crippen molar-refractivity contribution < 1.29 is 18.7 Å². The predicted molar refractivity (Wildman–Crippen MR) is 133 cm³/mol. The lowest BCUT2D eigenvalue weighted by molar-refractivity contribution is -0.118. The molecule has 0 spiro atoms. The number of nitrogens with one attached hydrogen (secondary N) is 1. The van der Waals surface area contributed by atoms with Gasteiger partial charge in [0.15, 0.2) is 5.82 Å². The fourth-order valence-corrected chi connectivity index (χ4v) is 4.81. The zero-order valence-corrected chi connectivity index (χ0v) is 20.6. The van der Waals surface area contributed by atoms with Gasteiger partial charge in [-0.05, 0) is 50.1 Å². The smallest absolute Gasteiger partial charge is 0.325 e. The number of para-hydroxylation sites is 1. The number of halogens is 2. The van der Waals surface area contributed by atoms with Gasteiger partial charge in [0.1, 0.15) is 24.4 Å². The number of carbonyl (C=O) groups is 2. The van der Waals surface area contributed by atoms with E-state index in [-0.39, 0.29) is 19.1 Å². The number of nitrogens with zero attached hydrogens (tertiary/aromatic N) is 4. The molecule has 0 saturated carbocycles. The Morgan fingerprint density at radius 1 is 1.22 bits per heavy atom. The SMILES string of the molecule is Cc1cc(Cl)c(COc2cccc3c(-n4cc(F)cn4)cc(C)nc23)c([C@H](C)N2CC(=O)NC2=O)c1. The molecule has 1 aliphatic heterocycles. The highest BCUT2D eigenvalue weighted by molar-refractivity contribution is 6.31. The predicted octanol–water partition coefficient (Wildman–Crippen LogP) is 5.02. The topological polar surface area (TPSA) is 89.3 Å². The van der Waals surface area contributed by atoms with Crippen LogP contribution in [0.4, 0.5) is 9.18 Å². The van der Waals surface area contributed by atoms with E-state index in [1.807, 2.05) is 51.1 Å². The lowest BCUT2D eigenvalue weighted by Crippen LogP contribution is -2.31. The van der Waals surface area contributed by atoms with Gasteiger partial charge in [-0.25, -0.2) is 18.9 Å². The summed E-state index contributed by atoms with van der Waals surface area (Å²) in [4.78, 5) is 30.2. The average molecular weight is 508 g/mol. The fraction of sp³-hybridized carbons (Fsp3) is 0.231. The van der Waals surface area contributed by atoms with Crippen molar-refractivity contribution in [1.29, 1.82) is 0 Å². The number of amides is 3. The first-order valence-corrected chi connectivity index (χ1v) is 11.7. The van der Waals surface area contributed by atoms with Crippen LogP contribution in [0.3, 0.4) is 0 Å². The van der Waals surface area contributed by atoms with Crippen molar-refractivity contribution in [3.63, 3.8) is 0 Å². The van der Waals surface area contributed by atoms with Crippen LogP contribution < -0.4 is 10.1 Å². The molecule has 5 rings (SSSR count). The zero-order chi connectivity index (χ0) is 25.6. The normalized spacial score (nSPS) is 14.4. The number of hydrogen-bond acceptors (Lipinski definition) is 5. The molecule has 2 aromatic heterocycles. The first-order chi connectivity index (χ1) is 17.2. The summed E-state index contributed by atoms with van der Waals surface area (Å²) in [5, 5.41) is 7.66. The van der Waals surface area contributed by atoms with Gasteiger partial charge in [-0.2, -0.15) is 5.10 Å². The Kier molecular flexibility index (Phi) is 6.09. The largest absolute Gasteiger partial charge is 0.487 e. The molecule has 1 saturated heterocycles. The number of benzene rings is 2. The summed E-state index contributed by atoms with van der Waals surface area (Å²) in [5.41, 5.74) is 4.43. The fourth-order valence-electron chi connectivity index (χ4n) is 4.48. The second-order valence-corrected chi connectivity index (χ2v) is 9.21. The van der Waals surface area contributed by atoms with Gasteiger partial charge in [0.05, 0.1) is 24.1 Å². The molecule has 8 nitrogen and oxygen atoms in total. The number of imide groups is 1. The van der Waals surface area contributed by atoms with E-state index >= 15 is 0 Å². The molecule has 4 aromatic rings. The monoisotopic (exact) mass is 507 g/mol. The van der Waals surface area contributed by atoms with Crippen molar-refractivity contribution in [2.45, 2.75) is 33.4 Å². The van der Waals surface area contributed by atoms with E-state index in [0.717, 1.165) is 28.4 Å². The molecular formula is C26H23ClFN5O3. The third-order valence-electron chi connectivity index (χ3n) is 6.19. The van der Waals surface area contributed by atoms with Crippen LogP contribution in [0.5, 0.6) is 5.75 Å². The highest BCUT2D eigenvalue weighted by Gasteiger charge is 2.32. The van der Waals surface area contributed by atoms with Gasteiger partial charge < -0.3 is 9.64 Å². The number of fused-ring (bicyclic) bond motifs is 1. The van der Waals surface area contributed by atoms with Crippen molar-refractivity contribution >= 4 is 34.4 Å². The lowest BCUT2D eigenvalue weighted by atomic mass is 9.98. The van der Waals surface area contributed by atoms with Gasteiger partial charge in [0.25, 0.3) is 0 Å². The number of pyridine rings is 1. The molecule has 1 fully saturated rings. The number of rotatable bonds is 6. The average Bonchev–Trinajstić information content (AvgIpc) is 3.41. The maximum atomic E-state index is 13.6. The zero-order valence-electron chi connectivity index (χ0n) is 19.9. The number of aryl methyl sites for hydroxylation is 2. The second-order valence-electron chi connectivity index (χ2n) is 8.80. The number of ether oxygens (including phenoxy) is 1. The van der Waals surface area contributed by atoms with Crippen LogP contribution in [0.1, 0.15) is 35.3 Å². The maximum Gasteiger partial charge on any atom is 0.325 e. The van der Waals surface area contributed by atoms with Crippen LogP contribution in [-0.4, -0.2) is 38.1 Å². The van der Waals surface area contributed by atoms with E-state index in [0.29, 0.717) is 27.5 Å². The molecule has 36 heavy (non-hydrogen) atoms. The number of hydrogen-bond donors (Lipinski definition) is 1. The van der Waals surface area contributed by atoms with Crippen molar-refractivity contribution in [3.8, 4) is 11.4 Å². The van der Waals surface area contributed by atoms with Crippen LogP contribution >= 0.6 is 11.6 Å². The summed E-state index contributed by atoms with van der Waals surface area (Å²) in [6, 6.07) is 10.3. The Bertz CT molecular complexity index is 1520. The summed E-state index contributed by atoms with van der Waals surface area (Å²) in [5.74, 6) is -0.253. The Hall–Kier alpha value is -3.98. The highest BCUT2D eigenvalue weighted by Crippen LogP contribution is 2.34. The molecule has 184 valence electrons. The van der Waals surface area contributed by atoms with Gasteiger partial charge in [0, 0.05) is 21.7 Å². The van der Waals surface area contributed by atoms with Crippen molar-refractivity contribution in [1.82, 2.24) is 25.0 Å². The summed E-state index contributed by atoms with van der Waals surface area (Å²) < 4.78 is 21.4. The maximum absolute atomic E-state index is 13.6. The summed E-state index contributed by atoms with van der Waals surface area (Å²) in [6.07, 6.45) is 2.46. The van der Waals surface area contributed by atoms with Crippen LogP contribution in [0.2, 0.25) is 5.02 Å². The van der Waals surface area contributed by atoms with E-state index in [2.05, 4.69) is 15.4 Å². The molecule has 1 atom stereocenters. The molecule has 0 radical (unpaired) electrons.